The molecule has 17 N–H and O–H groups in total. The molecule has 0 aliphatic carbocycles. The standard InChI is InChI=1S/C34H58N2O26/c1-8(41)35-15-21(47)27(60-34-26(52)29(19(45)12(5-39)58-34)62-33-25(51)23(49)18(44)11(4-38)57-33)13(6-40)59-31(15)54-7-14-20(46)28(16(30(53)55-14)36-9(2)42)61-32-24(50)22(48)17(43)10(3-37)56-32/h10-34,37-40,43-53H,3-7H2,1-2H3,(H,35,41)(H,36,42)/t10-,11-,12-,13-,14-,15-,16-,17+,18+,19+,20+,21-,22+,23+,24-,25-,26-,27-,28-,29+,30+,31-,32+,33-,34+/m1/s1. The van der Waals surface area contributed by atoms with Gasteiger partial charge in [-0.15, -0.1) is 0 Å². The van der Waals surface area contributed by atoms with Crippen molar-refractivity contribution < 1.29 is 129 Å². The summed E-state index contributed by atoms with van der Waals surface area (Å²) in [6.07, 6.45) is -41.5. The minimum Gasteiger partial charge on any atom is -0.394 e. The van der Waals surface area contributed by atoms with Crippen molar-refractivity contribution in [1.29, 1.82) is 0 Å². The number of hydrogen-bond donors (Lipinski definition) is 17. The summed E-state index contributed by atoms with van der Waals surface area (Å²) >= 11 is 0. The van der Waals surface area contributed by atoms with Gasteiger partial charge < -0.3 is 130 Å². The maximum absolute atomic E-state index is 12.4. The van der Waals surface area contributed by atoms with Crippen molar-refractivity contribution in [3.8, 4) is 0 Å². The molecule has 5 heterocycles. The second-order valence-corrected chi connectivity index (χ2v) is 15.5. The van der Waals surface area contributed by atoms with Crippen LogP contribution in [0.4, 0.5) is 0 Å². The van der Waals surface area contributed by atoms with E-state index in [1.54, 1.807) is 0 Å². The van der Waals surface area contributed by atoms with Gasteiger partial charge in [0.15, 0.2) is 31.5 Å². The molecule has 28 heteroatoms. The van der Waals surface area contributed by atoms with Crippen LogP contribution in [0.1, 0.15) is 13.8 Å². The van der Waals surface area contributed by atoms with E-state index in [1.165, 1.54) is 0 Å². The van der Waals surface area contributed by atoms with Crippen molar-refractivity contribution in [2.75, 3.05) is 33.0 Å². The zero-order valence-electron chi connectivity index (χ0n) is 33.2. The van der Waals surface area contributed by atoms with E-state index in [9.17, 15) is 86.2 Å². The molecule has 0 bridgehead atoms. The fourth-order valence-electron chi connectivity index (χ4n) is 7.73. The molecule has 0 radical (unpaired) electrons. The Balaban J connectivity index is 1.31. The minimum absolute atomic E-state index is 0.734. The summed E-state index contributed by atoms with van der Waals surface area (Å²) in [5.41, 5.74) is 0. The highest BCUT2D eigenvalue weighted by molar-refractivity contribution is 5.73. The molecule has 0 aromatic carbocycles. The quantitative estimate of drug-likeness (QED) is 0.0725. The molecule has 62 heavy (non-hydrogen) atoms. The SMILES string of the molecule is CC(=O)N[C@@H]1[C@@H](O[C@@H]2O[C@H](CO)[C@H](O)[C@H](O)[C@H]2O)[C@@H](O)[C@@H](CO[C@@H]2O[C@H](CO)[C@@H](O[C@@H]3O[C@H](CO)[C@H](O)[C@H](O[C@H]4O[C@H](CO)[C@H](O)[C@H](O)[C@H]4O)[C@H]3O)[C@H](O)[C@H]2NC(C)=O)O[C@@H]1O. The molecular weight excluding hydrogens is 852 g/mol. The first kappa shape index (κ1) is 51.0. The zero-order valence-corrected chi connectivity index (χ0v) is 33.2. The Morgan fingerprint density at radius 3 is 1.31 bits per heavy atom. The second kappa shape index (κ2) is 22.0. The van der Waals surface area contributed by atoms with Crippen molar-refractivity contribution >= 4 is 11.8 Å². The van der Waals surface area contributed by atoms with Crippen LogP contribution in [0.15, 0.2) is 0 Å². The highest BCUT2D eigenvalue weighted by atomic mass is 16.8. The summed E-state index contributed by atoms with van der Waals surface area (Å²) < 4.78 is 50.5. The van der Waals surface area contributed by atoms with Crippen LogP contribution in [0, 0.1) is 0 Å². The number of ether oxygens (including phenoxy) is 9. The Kier molecular flexibility index (Phi) is 18.1. The van der Waals surface area contributed by atoms with Crippen molar-refractivity contribution in [3.63, 3.8) is 0 Å². The van der Waals surface area contributed by atoms with E-state index in [0.29, 0.717) is 0 Å². The van der Waals surface area contributed by atoms with Crippen molar-refractivity contribution in [2.45, 2.75) is 167 Å². The van der Waals surface area contributed by atoms with Crippen LogP contribution < -0.4 is 10.6 Å². The average Bonchev–Trinajstić information content (AvgIpc) is 3.23. The van der Waals surface area contributed by atoms with Gasteiger partial charge in [0.2, 0.25) is 11.8 Å². The molecule has 0 saturated carbocycles. The second-order valence-electron chi connectivity index (χ2n) is 15.5. The third-order valence-corrected chi connectivity index (χ3v) is 11.1. The monoisotopic (exact) mass is 910 g/mol. The van der Waals surface area contributed by atoms with E-state index in [-0.39, 0.29) is 0 Å². The van der Waals surface area contributed by atoms with Gasteiger partial charge in [0, 0.05) is 13.8 Å². The normalized spacial score (nSPS) is 49.0. The van der Waals surface area contributed by atoms with Crippen LogP contribution in [-0.2, 0) is 52.2 Å². The van der Waals surface area contributed by atoms with E-state index < -0.39 is 198 Å². The lowest BCUT2D eigenvalue weighted by atomic mass is 9.94. The fraction of sp³-hybridized carbons (Fsp3) is 0.941. The van der Waals surface area contributed by atoms with Gasteiger partial charge in [0.25, 0.3) is 0 Å². The van der Waals surface area contributed by atoms with E-state index in [2.05, 4.69) is 10.6 Å². The molecule has 0 aromatic rings. The molecule has 5 aliphatic heterocycles. The number of rotatable bonds is 15. The van der Waals surface area contributed by atoms with Crippen LogP contribution in [0.3, 0.4) is 0 Å². The first-order valence-corrected chi connectivity index (χ1v) is 19.6. The molecule has 0 spiro atoms. The lowest BCUT2D eigenvalue weighted by Crippen LogP contribution is -2.69. The number of carbonyl (C=O) groups is 2. The fourth-order valence-corrected chi connectivity index (χ4v) is 7.73. The Hall–Kier alpha value is -2.02. The molecule has 2 amide bonds. The molecule has 28 nitrogen and oxygen atoms in total. The van der Waals surface area contributed by atoms with Crippen molar-refractivity contribution in [1.82, 2.24) is 10.6 Å². The summed E-state index contributed by atoms with van der Waals surface area (Å²) in [5, 5.41) is 162. The summed E-state index contributed by atoms with van der Waals surface area (Å²) in [5.74, 6) is -1.50. The maximum Gasteiger partial charge on any atom is 0.217 e. The van der Waals surface area contributed by atoms with Gasteiger partial charge in [-0.1, -0.05) is 0 Å². The molecule has 5 fully saturated rings. The number of aliphatic hydroxyl groups is 15. The Morgan fingerprint density at radius 2 is 0.823 bits per heavy atom. The third kappa shape index (κ3) is 11.0. The van der Waals surface area contributed by atoms with Crippen LogP contribution >= 0.6 is 0 Å². The summed E-state index contributed by atoms with van der Waals surface area (Å²) in [4.78, 5) is 24.4. The van der Waals surface area contributed by atoms with Gasteiger partial charge in [0.1, 0.15) is 122 Å². The maximum atomic E-state index is 12.4. The van der Waals surface area contributed by atoms with E-state index in [0.717, 1.165) is 13.8 Å². The molecule has 360 valence electrons. The van der Waals surface area contributed by atoms with Crippen LogP contribution in [0.5, 0.6) is 0 Å². The topological polar surface area (TPSA) is 445 Å². The Labute approximate surface area is 351 Å². The lowest BCUT2D eigenvalue weighted by Gasteiger charge is -2.49. The smallest absolute Gasteiger partial charge is 0.217 e. The van der Waals surface area contributed by atoms with Crippen LogP contribution in [-0.4, -0.2) is 275 Å². The summed E-state index contributed by atoms with van der Waals surface area (Å²) in [6.45, 7) is -2.21. The number of aliphatic hydroxyl groups excluding tert-OH is 15. The van der Waals surface area contributed by atoms with Crippen LogP contribution in [0.25, 0.3) is 0 Å². The van der Waals surface area contributed by atoms with Gasteiger partial charge in [-0.25, -0.2) is 0 Å². The van der Waals surface area contributed by atoms with Gasteiger partial charge in [-0.3, -0.25) is 9.59 Å². The van der Waals surface area contributed by atoms with Crippen molar-refractivity contribution in [2.24, 2.45) is 0 Å². The Bertz CT molecular complexity index is 1440. The number of amides is 2. The zero-order chi connectivity index (χ0) is 45.9. The first-order chi connectivity index (χ1) is 29.3. The van der Waals surface area contributed by atoms with Gasteiger partial charge in [0.05, 0.1) is 33.0 Å². The van der Waals surface area contributed by atoms with Gasteiger partial charge >= 0.3 is 0 Å². The molecular formula is C34H58N2O26. The lowest BCUT2D eigenvalue weighted by molar-refractivity contribution is -0.377. The van der Waals surface area contributed by atoms with Crippen LogP contribution in [0.2, 0.25) is 0 Å². The molecule has 0 aromatic heterocycles. The van der Waals surface area contributed by atoms with Gasteiger partial charge in [-0.2, -0.15) is 0 Å². The predicted molar refractivity (Wildman–Crippen MR) is 190 cm³/mol. The van der Waals surface area contributed by atoms with E-state index in [4.69, 9.17) is 42.6 Å². The van der Waals surface area contributed by atoms with Gasteiger partial charge in [-0.05, 0) is 0 Å². The summed E-state index contributed by atoms with van der Waals surface area (Å²) in [6, 6.07) is -3.17. The van der Waals surface area contributed by atoms with E-state index in [1.807, 2.05) is 0 Å². The number of nitrogens with one attached hydrogen (secondary N) is 2. The highest BCUT2D eigenvalue weighted by Crippen LogP contribution is 2.34. The molecule has 5 saturated heterocycles. The molecule has 5 aliphatic rings. The highest BCUT2D eigenvalue weighted by Gasteiger charge is 2.56. The predicted octanol–water partition coefficient (Wildman–Crippen LogP) is -11.6. The minimum atomic E-state index is -2.07. The number of carbonyl (C=O) groups excluding carboxylic acids is 2. The summed E-state index contributed by atoms with van der Waals surface area (Å²) in [7, 11) is 0. The van der Waals surface area contributed by atoms with E-state index >= 15 is 0 Å². The molecule has 25 atom stereocenters. The van der Waals surface area contributed by atoms with Crippen molar-refractivity contribution in [3.05, 3.63) is 0 Å². The first-order valence-electron chi connectivity index (χ1n) is 19.6. The number of hydrogen-bond acceptors (Lipinski definition) is 26. The third-order valence-electron chi connectivity index (χ3n) is 11.1. The molecule has 0 unspecified atom stereocenters. The average molecular weight is 911 g/mol. The largest absolute Gasteiger partial charge is 0.394 e. The molecule has 5 rings (SSSR count). The Morgan fingerprint density at radius 1 is 0.419 bits per heavy atom.